The van der Waals surface area contributed by atoms with Gasteiger partial charge in [0.2, 0.25) is 0 Å². The topological polar surface area (TPSA) is 20.3 Å². The van der Waals surface area contributed by atoms with Gasteiger partial charge >= 0.3 is 0 Å². The molecule has 2 rings (SSSR count). The average molecular weight is 167 g/mol. The van der Waals surface area contributed by atoms with Crippen LogP contribution in [-0.4, -0.2) is 30.8 Å². The number of aldehydes is 1. The first kappa shape index (κ1) is 8.24. The predicted octanol–water partition coefficient (Wildman–Crippen LogP) is 1.45. The van der Waals surface area contributed by atoms with E-state index in [-0.39, 0.29) is 6.04 Å². The highest BCUT2D eigenvalue weighted by atomic mass is 16.1. The maximum atomic E-state index is 10.7. The first-order chi connectivity index (χ1) is 5.76. The van der Waals surface area contributed by atoms with Crippen molar-refractivity contribution in [2.75, 3.05) is 13.6 Å². The van der Waals surface area contributed by atoms with Gasteiger partial charge in [-0.15, -0.1) is 0 Å². The number of carbonyl (C=O) groups is 1. The van der Waals surface area contributed by atoms with E-state index in [0.29, 0.717) is 5.41 Å². The Hall–Kier alpha value is -0.370. The van der Waals surface area contributed by atoms with Crippen molar-refractivity contribution in [2.24, 2.45) is 5.41 Å². The predicted molar refractivity (Wildman–Crippen MR) is 48.0 cm³/mol. The fourth-order valence-electron chi connectivity index (χ4n) is 2.95. The number of likely N-dealkylation sites (tertiary alicyclic amines) is 1. The van der Waals surface area contributed by atoms with Crippen LogP contribution in [0, 0.1) is 5.41 Å². The summed E-state index contributed by atoms with van der Waals surface area (Å²) < 4.78 is 0. The molecule has 2 aliphatic rings. The zero-order valence-corrected chi connectivity index (χ0v) is 7.75. The van der Waals surface area contributed by atoms with Gasteiger partial charge in [-0.2, -0.15) is 0 Å². The van der Waals surface area contributed by atoms with Crippen molar-refractivity contribution < 1.29 is 4.79 Å². The van der Waals surface area contributed by atoms with Crippen molar-refractivity contribution in [3.05, 3.63) is 0 Å². The molecule has 1 saturated heterocycles. The molecule has 1 unspecified atom stereocenters. The second kappa shape index (κ2) is 2.84. The molecular formula is C10H17NO. The molecule has 1 aliphatic heterocycles. The Kier molecular flexibility index (Phi) is 1.95. The van der Waals surface area contributed by atoms with Gasteiger partial charge in [0.1, 0.15) is 6.29 Å². The maximum Gasteiger partial charge on any atom is 0.137 e. The lowest BCUT2D eigenvalue weighted by Crippen LogP contribution is -2.26. The summed E-state index contributed by atoms with van der Waals surface area (Å²) in [4.78, 5) is 12.9. The number of hydrogen-bond donors (Lipinski definition) is 0. The minimum Gasteiger partial charge on any atom is -0.302 e. The quantitative estimate of drug-likeness (QED) is 0.551. The lowest BCUT2D eigenvalue weighted by atomic mass is 9.84. The van der Waals surface area contributed by atoms with Crippen LogP contribution in [0.3, 0.4) is 0 Å². The van der Waals surface area contributed by atoms with Crippen molar-refractivity contribution in [1.29, 1.82) is 0 Å². The molecule has 0 aromatic carbocycles. The third kappa shape index (κ3) is 1.18. The van der Waals surface area contributed by atoms with Crippen molar-refractivity contribution in [2.45, 2.75) is 38.1 Å². The van der Waals surface area contributed by atoms with E-state index in [4.69, 9.17) is 0 Å². The van der Waals surface area contributed by atoms with Crippen LogP contribution in [0.2, 0.25) is 0 Å². The normalized spacial score (nSPS) is 34.6. The Labute approximate surface area is 73.9 Å². The van der Waals surface area contributed by atoms with Crippen LogP contribution in [-0.2, 0) is 4.79 Å². The van der Waals surface area contributed by atoms with Crippen LogP contribution in [0.25, 0.3) is 0 Å². The molecule has 0 bridgehead atoms. The summed E-state index contributed by atoms with van der Waals surface area (Å²) in [5.41, 5.74) is 0.528. The monoisotopic (exact) mass is 167 g/mol. The maximum absolute atomic E-state index is 10.7. The molecule has 0 amide bonds. The fourth-order valence-corrected chi connectivity index (χ4v) is 2.95. The molecule has 1 spiro atoms. The Morgan fingerprint density at radius 3 is 2.58 bits per heavy atom. The second-order valence-electron chi connectivity index (χ2n) is 4.53. The van der Waals surface area contributed by atoms with E-state index >= 15 is 0 Å². The Morgan fingerprint density at radius 1 is 1.42 bits per heavy atom. The van der Waals surface area contributed by atoms with Crippen LogP contribution >= 0.6 is 0 Å². The molecule has 1 heterocycles. The van der Waals surface area contributed by atoms with Gasteiger partial charge in [0, 0.05) is 6.54 Å². The lowest BCUT2D eigenvalue weighted by Gasteiger charge is -2.21. The molecule has 0 radical (unpaired) electrons. The minimum atomic E-state index is 0.211. The zero-order chi connectivity index (χ0) is 8.60. The first-order valence-corrected chi connectivity index (χ1v) is 4.91. The van der Waals surface area contributed by atoms with Gasteiger partial charge in [0.05, 0.1) is 6.04 Å². The van der Waals surface area contributed by atoms with Crippen LogP contribution in [0.5, 0.6) is 0 Å². The van der Waals surface area contributed by atoms with Crippen LogP contribution in [0.1, 0.15) is 32.1 Å². The molecular weight excluding hydrogens is 150 g/mol. The van der Waals surface area contributed by atoms with Gasteiger partial charge in [-0.1, -0.05) is 12.8 Å². The van der Waals surface area contributed by atoms with Gasteiger partial charge in [0.25, 0.3) is 0 Å². The third-order valence-corrected chi connectivity index (χ3v) is 3.61. The SMILES string of the molecule is CN1CC2(CCCC2)CC1C=O. The highest BCUT2D eigenvalue weighted by Crippen LogP contribution is 2.46. The molecule has 12 heavy (non-hydrogen) atoms. The number of likely N-dealkylation sites (N-methyl/N-ethyl adjacent to an activating group) is 1. The Bertz CT molecular complexity index is 184. The highest BCUT2D eigenvalue weighted by molar-refractivity contribution is 5.58. The summed E-state index contributed by atoms with van der Waals surface area (Å²) in [5, 5.41) is 0. The second-order valence-corrected chi connectivity index (χ2v) is 4.53. The summed E-state index contributed by atoms with van der Waals surface area (Å²) in [6.07, 6.45) is 7.68. The number of rotatable bonds is 1. The van der Waals surface area contributed by atoms with E-state index in [1.807, 2.05) is 0 Å². The van der Waals surface area contributed by atoms with E-state index in [1.54, 1.807) is 0 Å². The largest absolute Gasteiger partial charge is 0.302 e. The van der Waals surface area contributed by atoms with E-state index in [2.05, 4.69) is 11.9 Å². The van der Waals surface area contributed by atoms with Gasteiger partial charge < -0.3 is 4.79 Å². The Balaban J connectivity index is 2.08. The molecule has 68 valence electrons. The lowest BCUT2D eigenvalue weighted by molar-refractivity contribution is -0.111. The minimum absolute atomic E-state index is 0.211. The fraction of sp³-hybridized carbons (Fsp3) is 0.900. The number of carbonyl (C=O) groups excluding carboxylic acids is 1. The van der Waals surface area contributed by atoms with Crippen molar-refractivity contribution in [1.82, 2.24) is 4.90 Å². The van der Waals surface area contributed by atoms with E-state index in [1.165, 1.54) is 25.7 Å². The standard InChI is InChI=1S/C10H17NO/c1-11-8-10(4-2-3-5-10)6-9(11)7-12/h7,9H,2-6,8H2,1H3. The summed E-state index contributed by atoms with van der Waals surface area (Å²) in [5.74, 6) is 0. The molecule has 0 aromatic heterocycles. The summed E-state index contributed by atoms with van der Waals surface area (Å²) in [6, 6.07) is 0.211. The third-order valence-electron chi connectivity index (χ3n) is 3.61. The van der Waals surface area contributed by atoms with Crippen molar-refractivity contribution >= 4 is 6.29 Å². The van der Waals surface area contributed by atoms with Crippen LogP contribution < -0.4 is 0 Å². The summed E-state index contributed by atoms with van der Waals surface area (Å²) in [7, 11) is 2.08. The van der Waals surface area contributed by atoms with Gasteiger partial charge in [0.15, 0.2) is 0 Å². The molecule has 1 atom stereocenters. The zero-order valence-electron chi connectivity index (χ0n) is 7.75. The van der Waals surface area contributed by atoms with Crippen molar-refractivity contribution in [3.8, 4) is 0 Å². The van der Waals surface area contributed by atoms with Gasteiger partial charge in [-0.3, -0.25) is 4.90 Å². The van der Waals surface area contributed by atoms with Gasteiger partial charge in [-0.25, -0.2) is 0 Å². The van der Waals surface area contributed by atoms with Crippen LogP contribution in [0.4, 0.5) is 0 Å². The molecule has 0 aromatic rings. The number of hydrogen-bond acceptors (Lipinski definition) is 2. The van der Waals surface area contributed by atoms with E-state index in [9.17, 15) is 4.79 Å². The molecule has 1 aliphatic carbocycles. The molecule has 2 nitrogen and oxygen atoms in total. The highest BCUT2D eigenvalue weighted by Gasteiger charge is 2.43. The average Bonchev–Trinajstić information content (AvgIpc) is 2.60. The van der Waals surface area contributed by atoms with Gasteiger partial charge in [-0.05, 0) is 31.7 Å². The molecule has 0 N–H and O–H groups in total. The smallest absolute Gasteiger partial charge is 0.137 e. The Morgan fingerprint density at radius 2 is 2.08 bits per heavy atom. The van der Waals surface area contributed by atoms with E-state index in [0.717, 1.165) is 19.3 Å². The molecule has 2 fully saturated rings. The van der Waals surface area contributed by atoms with Crippen molar-refractivity contribution in [3.63, 3.8) is 0 Å². The summed E-state index contributed by atoms with van der Waals surface area (Å²) in [6.45, 7) is 1.15. The summed E-state index contributed by atoms with van der Waals surface area (Å²) >= 11 is 0. The first-order valence-electron chi connectivity index (χ1n) is 4.91. The molecule has 2 heteroatoms. The molecule has 1 saturated carbocycles. The van der Waals surface area contributed by atoms with E-state index < -0.39 is 0 Å². The number of nitrogens with zero attached hydrogens (tertiary/aromatic N) is 1. The van der Waals surface area contributed by atoms with Crippen LogP contribution in [0.15, 0.2) is 0 Å².